The lowest BCUT2D eigenvalue weighted by Crippen LogP contribution is -2.40. The van der Waals surface area contributed by atoms with Gasteiger partial charge in [-0.2, -0.15) is 8.42 Å². The molecule has 0 bridgehead atoms. The molecule has 42 heavy (non-hydrogen) atoms. The molecule has 2 aromatic rings. The van der Waals surface area contributed by atoms with E-state index in [-0.39, 0.29) is 47.5 Å². The van der Waals surface area contributed by atoms with Gasteiger partial charge >= 0.3 is 16.1 Å². The van der Waals surface area contributed by atoms with Crippen LogP contribution in [0.15, 0.2) is 63.8 Å². The zero-order chi connectivity index (χ0) is 30.2. The van der Waals surface area contributed by atoms with Crippen molar-refractivity contribution in [2.45, 2.75) is 69.6 Å². The molecule has 1 aliphatic heterocycles. The number of hydrogen-bond donors (Lipinski definition) is 1. The third kappa shape index (κ3) is 5.85. The van der Waals surface area contributed by atoms with E-state index in [0.717, 1.165) is 17.0 Å². The Hall–Kier alpha value is -3.19. The lowest BCUT2D eigenvalue weighted by molar-refractivity contribution is -0.137. The molecule has 0 saturated heterocycles. The molecule has 0 fully saturated rings. The van der Waals surface area contributed by atoms with Gasteiger partial charge in [-0.25, -0.2) is 0 Å². The quantitative estimate of drug-likeness (QED) is 0.260. The van der Waals surface area contributed by atoms with Crippen LogP contribution >= 0.6 is 22.6 Å². The average molecular weight is 706 g/mol. The van der Waals surface area contributed by atoms with E-state index < -0.39 is 22.0 Å². The van der Waals surface area contributed by atoms with Gasteiger partial charge in [-0.1, -0.05) is 17.7 Å². The highest BCUT2D eigenvalue weighted by Gasteiger charge is 2.43. The number of halogens is 1. The number of carboxylic acids is 1. The van der Waals surface area contributed by atoms with Crippen LogP contribution in [0.5, 0.6) is 11.5 Å². The van der Waals surface area contributed by atoms with Crippen LogP contribution < -0.4 is 8.92 Å². The first-order valence-corrected chi connectivity index (χ1v) is 16.5. The minimum absolute atomic E-state index is 0.00866. The monoisotopic (exact) mass is 705 g/mol. The van der Waals surface area contributed by atoms with Gasteiger partial charge in [0.25, 0.3) is 0 Å². The number of carbonyl (C=O) groups excluding carboxylic acids is 2. The summed E-state index contributed by atoms with van der Waals surface area (Å²) in [6.07, 6.45) is 3.07. The van der Waals surface area contributed by atoms with Crippen LogP contribution in [0.2, 0.25) is 0 Å². The smallest absolute Gasteiger partial charge is 0.339 e. The summed E-state index contributed by atoms with van der Waals surface area (Å²) in [6.45, 7) is 4.05. The van der Waals surface area contributed by atoms with Crippen LogP contribution in [0, 0.1) is 10.5 Å². The predicted molar refractivity (Wildman–Crippen MR) is 163 cm³/mol. The Kier molecular flexibility index (Phi) is 8.79. The third-order valence-corrected chi connectivity index (χ3v) is 9.84. The summed E-state index contributed by atoms with van der Waals surface area (Å²) >= 11 is 2.00. The van der Waals surface area contributed by atoms with E-state index in [1.807, 2.05) is 34.4 Å². The maximum Gasteiger partial charge on any atom is 0.339 e. The highest BCUT2D eigenvalue weighted by molar-refractivity contribution is 14.1. The Balaban J connectivity index is 1.65. The highest BCUT2D eigenvalue weighted by Crippen LogP contribution is 2.51. The maximum atomic E-state index is 13.5. The van der Waals surface area contributed by atoms with Gasteiger partial charge in [0, 0.05) is 47.8 Å². The fraction of sp³-hybridized carbons (Fsp3) is 0.387. The largest absolute Gasteiger partial charge is 0.490 e. The van der Waals surface area contributed by atoms with Crippen LogP contribution in [-0.2, 0) is 24.5 Å². The molecule has 2 aliphatic carbocycles. The van der Waals surface area contributed by atoms with Gasteiger partial charge in [-0.3, -0.25) is 14.4 Å². The summed E-state index contributed by atoms with van der Waals surface area (Å²) in [7, 11) is -4.17. The molecule has 0 saturated carbocycles. The second kappa shape index (κ2) is 12.2. The van der Waals surface area contributed by atoms with Gasteiger partial charge in [-0.05, 0) is 92.0 Å². The lowest BCUT2D eigenvalue weighted by atomic mass is 9.71. The van der Waals surface area contributed by atoms with Crippen molar-refractivity contribution in [3.8, 4) is 11.5 Å². The Morgan fingerprint density at radius 1 is 1.00 bits per heavy atom. The van der Waals surface area contributed by atoms with Gasteiger partial charge < -0.3 is 18.9 Å². The fourth-order valence-corrected chi connectivity index (χ4v) is 7.83. The zero-order valence-electron chi connectivity index (χ0n) is 23.4. The van der Waals surface area contributed by atoms with Crippen molar-refractivity contribution < 1.29 is 36.8 Å². The molecule has 0 aromatic heterocycles. The second-order valence-corrected chi connectivity index (χ2v) is 13.3. The van der Waals surface area contributed by atoms with Gasteiger partial charge in [0.05, 0.1) is 16.6 Å². The Morgan fingerprint density at radius 2 is 1.60 bits per heavy atom. The Bertz CT molecular complexity index is 1580. The summed E-state index contributed by atoms with van der Waals surface area (Å²) in [4.78, 5) is 40.5. The van der Waals surface area contributed by atoms with E-state index in [1.54, 1.807) is 31.2 Å². The van der Waals surface area contributed by atoms with Crippen LogP contribution in [-0.4, -0.2) is 49.1 Å². The van der Waals surface area contributed by atoms with Crippen molar-refractivity contribution in [1.29, 1.82) is 0 Å². The molecule has 11 heteroatoms. The van der Waals surface area contributed by atoms with Crippen molar-refractivity contribution in [3.05, 3.63) is 73.6 Å². The van der Waals surface area contributed by atoms with Gasteiger partial charge in [0.1, 0.15) is 4.90 Å². The van der Waals surface area contributed by atoms with Crippen molar-refractivity contribution in [2.75, 3.05) is 13.2 Å². The summed E-state index contributed by atoms with van der Waals surface area (Å²) in [5, 5.41) is 9.41. The van der Waals surface area contributed by atoms with Gasteiger partial charge in [-0.15, -0.1) is 0 Å². The molecule has 0 unspecified atom stereocenters. The number of rotatable bonds is 9. The normalized spacial score (nSPS) is 17.7. The molecule has 1 heterocycles. The van der Waals surface area contributed by atoms with E-state index in [0.29, 0.717) is 58.8 Å². The first kappa shape index (κ1) is 30.3. The molecule has 1 N–H and O–H groups in total. The molecule has 0 radical (unpaired) electrons. The van der Waals surface area contributed by atoms with E-state index in [9.17, 15) is 27.9 Å². The molecule has 2 aromatic carbocycles. The maximum absolute atomic E-state index is 13.5. The number of nitrogens with zero attached hydrogens (tertiary/aromatic N) is 1. The van der Waals surface area contributed by atoms with Crippen LogP contribution in [0.3, 0.4) is 0 Å². The number of carbonyl (C=O) groups is 3. The molecule has 0 spiro atoms. The standard InChI is InChI=1S/C31H32INO8S/c1-3-40-26-17-19(16-21(32)31(26)41-42(38,39)20-12-10-18(2)11-13-20)28-29-22(6-4-8-24(29)34)33(15-14-27(36)37)23-7-5-9-25(35)30(23)28/h10-13,16-17,28H,3-9,14-15H2,1-2H3,(H,36,37). The highest BCUT2D eigenvalue weighted by atomic mass is 127. The number of allylic oxidation sites excluding steroid dienone is 4. The van der Waals surface area contributed by atoms with Gasteiger partial charge in [0.2, 0.25) is 0 Å². The number of Topliss-reactive ketones (excluding diaryl/α,β-unsaturated/α-hetero) is 2. The second-order valence-electron chi connectivity index (χ2n) is 10.6. The molecule has 222 valence electrons. The first-order chi connectivity index (χ1) is 20.0. The average Bonchev–Trinajstić information content (AvgIpc) is 2.93. The minimum atomic E-state index is -4.17. The van der Waals surface area contributed by atoms with E-state index >= 15 is 0 Å². The number of aliphatic carboxylic acids is 1. The van der Waals surface area contributed by atoms with Gasteiger partial charge in [0.15, 0.2) is 23.1 Å². The number of benzene rings is 2. The van der Waals surface area contributed by atoms with E-state index in [2.05, 4.69) is 0 Å². The third-order valence-electron chi connectivity index (χ3n) is 7.80. The van der Waals surface area contributed by atoms with Crippen molar-refractivity contribution >= 4 is 50.2 Å². The summed E-state index contributed by atoms with van der Waals surface area (Å²) in [6, 6.07) is 9.76. The molecule has 5 rings (SSSR count). The van der Waals surface area contributed by atoms with Crippen LogP contribution in [0.25, 0.3) is 0 Å². The zero-order valence-corrected chi connectivity index (χ0v) is 26.4. The summed E-state index contributed by atoms with van der Waals surface area (Å²) < 4.78 is 38.3. The van der Waals surface area contributed by atoms with Crippen LogP contribution in [0.4, 0.5) is 0 Å². The number of ketones is 2. The molecule has 0 atom stereocenters. The number of carboxylic acid groups (broad SMARTS) is 1. The van der Waals surface area contributed by atoms with E-state index in [4.69, 9.17) is 8.92 Å². The fourth-order valence-electron chi connectivity index (χ4n) is 5.99. The number of ether oxygens (including phenoxy) is 1. The van der Waals surface area contributed by atoms with Crippen molar-refractivity contribution in [3.63, 3.8) is 0 Å². The minimum Gasteiger partial charge on any atom is -0.490 e. The number of hydrogen-bond acceptors (Lipinski definition) is 8. The van der Waals surface area contributed by atoms with E-state index in [1.165, 1.54) is 12.1 Å². The topological polar surface area (TPSA) is 127 Å². The van der Waals surface area contributed by atoms with Crippen molar-refractivity contribution in [2.24, 2.45) is 0 Å². The Labute approximate surface area is 258 Å². The molecule has 0 amide bonds. The van der Waals surface area contributed by atoms with Crippen molar-refractivity contribution in [1.82, 2.24) is 4.90 Å². The molecular weight excluding hydrogens is 673 g/mol. The predicted octanol–water partition coefficient (Wildman–Crippen LogP) is 5.65. The lowest BCUT2D eigenvalue weighted by Gasteiger charge is -2.44. The SMILES string of the molecule is CCOc1cc(C2C3=C(CCCC3=O)N(CCC(=O)O)C3=C2C(=O)CCC3)cc(I)c1OS(=O)(=O)c1ccc(C)cc1. The molecular formula is C31H32INO8S. The van der Waals surface area contributed by atoms with Crippen LogP contribution in [0.1, 0.15) is 68.9 Å². The Morgan fingerprint density at radius 3 is 2.14 bits per heavy atom. The summed E-state index contributed by atoms with van der Waals surface area (Å²) in [5.41, 5.74) is 4.13. The molecule has 9 nitrogen and oxygen atoms in total. The first-order valence-electron chi connectivity index (χ1n) is 14.0. The molecule has 3 aliphatic rings. The summed E-state index contributed by atoms with van der Waals surface area (Å²) in [5.74, 6) is -1.51. The number of aryl methyl sites for hydroxylation is 1.